The normalized spacial score (nSPS) is 11.6. The van der Waals surface area contributed by atoms with Gasteiger partial charge in [-0.1, -0.05) is 0 Å². The second-order valence-corrected chi connectivity index (χ2v) is 4.12. The first-order chi connectivity index (χ1) is 6.72. The third-order valence-corrected chi connectivity index (χ3v) is 2.71. The Kier molecular flexibility index (Phi) is 7.38. The lowest BCUT2D eigenvalue weighted by atomic mass is 10.2. The molecular weight excluding hydrogens is 232 g/mol. The van der Waals surface area contributed by atoms with Gasteiger partial charge in [-0.25, -0.2) is 0 Å². The molecule has 0 spiro atoms. The van der Waals surface area contributed by atoms with Crippen LogP contribution in [0.5, 0.6) is 0 Å². The molecule has 1 amide bonds. The van der Waals surface area contributed by atoms with Gasteiger partial charge in [0.1, 0.15) is 0 Å². The van der Waals surface area contributed by atoms with E-state index in [1.165, 1.54) is 5.56 Å². The topological polar surface area (TPSA) is 55.1 Å². The molecule has 0 aliphatic carbocycles. The van der Waals surface area contributed by atoms with Crippen molar-refractivity contribution in [3.8, 4) is 0 Å². The lowest BCUT2D eigenvalue weighted by molar-refractivity contribution is -0.121. The molecule has 1 heterocycles. The summed E-state index contributed by atoms with van der Waals surface area (Å²) in [7, 11) is 0. The molecule has 1 aromatic rings. The first-order valence-corrected chi connectivity index (χ1v) is 5.67. The van der Waals surface area contributed by atoms with Crippen LogP contribution in [0.2, 0.25) is 0 Å². The fourth-order valence-corrected chi connectivity index (χ4v) is 1.80. The predicted octanol–water partition coefficient (Wildman–Crippen LogP) is 1.57. The van der Waals surface area contributed by atoms with Crippen LogP contribution in [0.1, 0.15) is 18.9 Å². The molecule has 1 aromatic heterocycles. The van der Waals surface area contributed by atoms with Gasteiger partial charge in [0, 0.05) is 19.0 Å². The number of amides is 1. The van der Waals surface area contributed by atoms with E-state index in [-0.39, 0.29) is 24.4 Å². The summed E-state index contributed by atoms with van der Waals surface area (Å²) in [6, 6.07) is 2.12. The predicted molar refractivity (Wildman–Crippen MR) is 66.5 cm³/mol. The number of hydrogen-bond acceptors (Lipinski definition) is 3. The number of halogens is 1. The van der Waals surface area contributed by atoms with E-state index in [9.17, 15) is 4.79 Å². The minimum absolute atomic E-state index is 0. The Morgan fingerprint density at radius 2 is 2.40 bits per heavy atom. The number of carbonyl (C=O) groups is 1. The van der Waals surface area contributed by atoms with Crippen LogP contribution in [-0.4, -0.2) is 18.5 Å². The Hall–Kier alpha value is -0.580. The number of aryl methyl sites for hydroxylation is 1. The highest BCUT2D eigenvalue weighted by molar-refractivity contribution is 7.07. The molecule has 0 bridgehead atoms. The van der Waals surface area contributed by atoms with Gasteiger partial charge < -0.3 is 11.1 Å². The van der Waals surface area contributed by atoms with Crippen molar-refractivity contribution in [1.82, 2.24) is 5.32 Å². The third-order valence-electron chi connectivity index (χ3n) is 1.98. The molecule has 1 atom stereocenters. The average Bonchev–Trinajstić information content (AvgIpc) is 2.67. The first-order valence-electron chi connectivity index (χ1n) is 4.73. The molecule has 5 heteroatoms. The lowest BCUT2D eigenvalue weighted by Gasteiger charge is -2.10. The minimum Gasteiger partial charge on any atom is -0.352 e. The summed E-state index contributed by atoms with van der Waals surface area (Å²) in [6.07, 6.45) is 1.35. The van der Waals surface area contributed by atoms with E-state index in [4.69, 9.17) is 5.73 Å². The third kappa shape index (κ3) is 5.77. The van der Waals surface area contributed by atoms with Crippen molar-refractivity contribution in [1.29, 1.82) is 0 Å². The number of nitrogens with two attached hydrogens (primary N) is 1. The maximum Gasteiger partial charge on any atom is 0.220 e. The molecule has 3 nitrogen and oxygen atoms in total. The Morgan fingerprint density at radius 3 is 2.93 bits per heavy atom. The van der Waals surface area contributed by atoms with Gasteiger partial charge in [0.25, 0.3) is 0 Å². The van der Waals surface area contributed by atoms with Crippen molar-refractivity contribution < 1.29 is 4.79 Å². The monoisotopic (exact) mass is 248 g/mol. The van der Waals surface area contributed by atoms with Gasteiger partial charge in [-0.15, -0.1) is 12.4 Å². The zero-order valence-corrected chi connectivity index (χ0v) is 10.4. The maximum absolute atomic E-state index is 11.3. The van der Waals surface area contributed by atoms with Gasteiger partial charge in [-0.2, -0.15) is 11.3 Å². The SMILES string of the molecule is C[C@@H](CN)NC(=O)CCc1ccsc1.Cl. The number of thiophene rings is 1. The van der Waals surface area contributed by atoms with Gasteiger partial charge in [-0.3, -0.25) is 4.79 Å². The van der Waals surface area contributed by atoms with Gasteiger partial charge in [0.05, 0.1) is 0 Å². The summed E-state index contributed by atoms with van der Waals surface area (Å²) in [5.74, 6) is 0.0779. The quantitative estimate of drug-likeness (QED) is 0.831. The Labute approximate surface area is 100 Å². The average molecular weight is 249 g/mol. The maximum atomic E-state index is 11.3. The van der Waals surface area contributed by atoms with E-state index < -0.39 is 0 Å². The van der Waals surface area contributed by atoms with Crippen molar-refractivity contribution in [2.75, 3.05) is 6.54 Å². The molecule has 0 saturated heterocycles. The van der Waals surface area contributed by atoms with Crippen LogP contribution in [-0.2, 0) is 11.2 Å². The van der Waals surface area contributed by atoms with Crippen LogP contribution < -0.4 is 11.1 Å². The molecule has 0 aromatic carbocycles. The minimum atomic E-state index is 0. The number of rotatable bonds is 5. The highest BCUT2D eigenvalue weighted by Crippen LogP contribution is 2.08. The van der Waals surface area contributed by atoms with Crippen LogP contribution in [0.25, 0.3) is 0 Å². The summed E-state index contributed by atoms with van der Waals surface area (Å²) in [5, 5.41) is 6.92. The van der Waals surface area contributed by atoms with Crippen LogP contribution in [0, 0.1) is 0 Å². The molecule has 0 fully saturated rings. The number of hydrogen-bond donors (Lipinski definition) is 2. The highest BCUT2D eigenvalue weighted by atomic mass is 35.5. The number of carbonyl (C=O) groups excluding carboxylic acids is 1. The fourth-order valence-electron chi connectivity index (χ4n) is 1.10. The highest BCUT2D eigenvalue weighted by Gasteiger charge is 2.05. The fraction of sp³-hybridized carbons (Fsp3) is 0.500. The zero-order valence-electron chi connectivity index (χ0n) is 8.73. The lowest BCUT2D eigenvalue weighted by Crippen LogP contribution is -2.37. The van der Waals surface area contributed by atoms with Crippen LogP contribution in [0.15, 0.2) is 16.8 Å². The first kappa shape index (κ1) is 14.4. The van der Waals surface area contributed by atoms with E-state index in [1.807, 2.05) is 18.4 Å². The van der Waals surface area contributed by atoms with Crippen molar-refractivity contribution >= 4 is 29.7 Å². The standard InChI is InChI=1S/C10H16N2OS.ClH/c1-8(6-11)12-10(13)3-2-9-4-5-14-7-9;/h4-5,7-8H,2-3,6,11H2,1H3,(H,12,13);1H/t8-;/m0./s1. The molecule has 1 rings (SSSR count). The van der Waals surface area contributed by atoms with E-state index in [0.29, 0.717) is 13.0 Å². The molecule has 0 radical (unpaired) electrons. The molecule has 0 saturated carbocycles. The smallest absolute Gasteiger partial charge is 0.220 e. The van der Waals surface area contributed by atoms with Crippen molar-refractivity contribution in [3.63, 3.8) is 0 Å². The van der Waals surface area contributed by atoms with E-state index in [2.05, 4.69) is 10.7 Å². The molecule has 0 aliphatic heterocycles. The van der Waals surface area contributed by atoms with Gasteiger partial charge >= 0.3 is 0 Å². The van der Waals surface area contributed by atoms with Crippen LogP contribution >= 0.6 is 23.7 Å². The van der Waals surface area contributed by atoms with Crippen molar-refractivity contribution in [3.05, 3.63) is 22.4 Å². The molecular formula is C10H17ClN2OS. The second-order valence-electron chi connectivity index (χ2n) is 3.34. The molecule has 15 heavy (non-hydrogen) atoms. The van der Waals surface area contributed by atoms with Gasteiger partial charge in [0.2, 0.25) is 5.91 Å². The Bertz CT molecular complexity index is 277. The summed E-state index contributed by atoms with van der Waals surface area (Å²) < 4.78 is 0. The largest absolute Gasteiger partial charge is 0.352 e. The second kappa shape index (κ2) is 7.68. The van der Waals surface area contributed by atoms with Crippen molar-refractivity contribution in [2.45, 2.75) is 25.8 Å². The van der Waals surface area contributed by atoms with Crippen LogP contribution in [0.4, 0.5) is 0 Å². The van der Waals surface area contributed by atoms with E-state index >= 15 is 0 Å². The summed E-state index contributed by atoms with van der Waals surface area (Å²) in [4.78, 5) is 11.3. The van der Waals surface area contributed by atoms with Crippen LogP contribution in [0.3, 0.4) is 0 Å². The number of nitrogens with one attached hydrogen (secondary N) is 1. The van der Waals surface area contributed by atoms with Gasteiger partial charge in [0.15, 0.2) is 0 Å². The Morgan fingerprint density at radius 1 is 1.67 bits per heavy atom. The summed E-state index contributed by atoms with van der Waals surface area (Å²) in [5.41, 5.74) is 6.63. The van der Waals surface area contributed by atoms with Gasteiger partial charge in [-0.05, 0) is 35.7 Å². The Balaban J connectivity index is 0.00000196. The molecule has 0 unspecified atom stereocenters. The van der Waals surface area contributed by atoms with Crippen molar-refractivity contribution in [2.24, 2.45) is 5.73 Å². The molecule has 3 N–H and O–H groups in total. The summed E-state index contributed by atoms with van der Waals surface area (Å²) >= 11 is 1.66. The summed E-state index contributed by atoms with van der Waals surface area (Å²) in [6.45, 7) is 2.40. The zero-order chi connectivity index (χ0) is 10.4. The van der Waals surface area contributed by atoms with E-state index in [1.54, 1.807) is 11.3 Å². The molecule has 0 aliphatic rings. The molecule has 86 valence electrons. The van der Waals surface area contributed by atoms with E-state index in [0.717, 1.165) is 6.42 Å².